The Balaban J connectivity index is 0.000000485. The fraction of sp³-hybridized carbons (Fsp3) is 0.286. The van der Waals surface area contributed by atoms with E-state index in [1.54, 1.807) is 107 Å². The third-order valence-electron chi connectivity index (χ3n) is 6.69. The molecule has 1 aliphatic heterocycles. The lowest BCUT2D eigenvalue weighted by Gasteiger charge is -2.32. The van der Waals surface area contributed by atoms with E-state index in [1.165, 1.54) is 23.1 Å². The summed E-state index contributed by atoms with van der Waals surface area (Å²) in [6.45, 7) is 8.28. The molecule has 0 amide bonds. The Morgan fingerprint density at radius 2 is 0.587 bits per heavy atom. The van der Waals surface area contributed by atoms with Crippen molar-refractivity contribution in [1.82, 2.24) is 4.98 Å². The van der Waals surface area contributed by atoms with Gasteiger partial charge in [-0.1, -0.05) is 48.5 Å². The van der Waals surface area contributed by atoms with Crippen LogP contribution in [-0.2, 0) is 458 Å². The number of hydrogen-bond acceptors (Lipinski definition) is 5. The predicted molar refractivity (Wildman–Crippen MR) is 471 cm³/mol. The molecular weight excluding hydrogens is 1910 g/mol. The Kier molecular flexibility index (Phi) is 57.9. The van der Waals surface area contributed by atoms with E-state index in [-0.39, 0.29) is 18.3 Å². The average molecular weight is 1930 g/mol. The largest absolute Gasteiger partial charge is 0.494 e. The molecule has 3 aromatic rings. The summed E-state index contributed by atoms with van der Waals surface area (Å²) in [6.07, 6.45) is 1.86. The number of fused-ring (bicyclic) bond motifs is 1. The van der Waals surface area contributed by atoms with Crippen LogP contribution >= 0.6 is 0 Å². The summed E-state index contributed by atoms with van der Waals surface area (Å²) in [5.41, 5.74) is 2.47. The molecule has 0 bridgehead atoms. The second-order valence-corrected chi connectivity index (χ2v) is 95.8. The highest BCUT2D eigenvalue weighted by Gasteiger charge is 2.51. The van der Waals surface area contributed by atoms with Gasteiger partial charge in [-0.2, -0.15) is 0 Å². The molecule has 54 heteroatoms. The molecular formula is C21H22BNO2S50. The molecule has 2 heterocycles. The summed E-state index contributed by atoms with van der Waals surface area (Å²) in [6, 6.07) is 18.7. The number of benzene rings is 2. The van der Waals surface area contributed by atoms with Gasteiger partial charge in [-0.05, 0) is 44.6 Å². The number of aromatic nitrogens is 1. The first-order chi connectivity index (χ1) is 36.8. The topological polar surface area (TPSA) is 31.4 Å². The highest BCUT2D eigenvalue weighted by atomic mass is 33.5. The summed E-state index contributed by atoms with van der Waals surface area (Å²) in [7, 11) is 85.4. The molecule has 1 saturated heterocycles. The minimum absolute atomic E-state index is 0.326. The molecule has 0 radical (unpaired) electrons. The van der Waals surface area contributed by atoms with Crippen molar-refractivity contribution in [2.45, 2.75) is 38.9 Å². The molecule has 1 fully saturated rings. The van der Waals surface area contributed by atoms with Crippen LogP contribution in [0.25, 0.3) is 22.0 Å². The van der Waals surface area contributed by atoms with Gasteiger partial charge in [0.2, 0.25) is 0 Å². The fourth-order valence-electron chi connectivity index (χ4n) is 3.65. The van der Waals surface area contributed by atoms with Crippen LogP contribution in [0.4, 0.5) is 0 Å². The normalized spacial score (nSPS) is 11.4. The Hall–Kier alpha value is 8.83. The maximum absolute atomic E-state index is 6.13. The van der Waals surface area contributed by atoms with Gasteiger partial charge in [0.05, 0.1) is 16.9 Å². The van der Waals surface area contributed by atoms with Crippen LogP contribution in [0.2, 0.25) is 0 Å². The molecule has 3 nitrogen and oxygen atoms in total. The minimum Gasteiger partial charge on any atom is -0.399 e. The molecule has 0 atom stereocenters. The maximum Gasteiger partial charge on any atom is 0.494 e. The first-order valence-corrected chi connectivity index (χ1v) is 82.2. The molecule has 2 aromatic carbocycles. The smallest absolute Gasteiger partial charge is 0.399 e. The van der Waals surface area contributed by atoms with Gasteiger partial charge < -0.3 is 9.31 Å². The summed E-state index contributed by atoms with van der Waals surface area (Å²) in [4.78, 5) is 4.59. The number of rotatable bonds is 2. The van der Waals surface area contributed by atoms with Crippen molar-refractivity contribution >= 4 is 472 Å². The lowest BCUT2D eigenvalue weighted by Crippen LogP contribution is -2.41. The van der Waals surface area contributed by atoms with Gasteiger partial charge in [-0.25, -0.2) is 0 Å². The van der Waals surface area contributed by atoms with Crippen LogP contribution in [0.1, 0.15) is 27.7 Å². The van der Waals surface area contributed by atoms with Crippen molar-refractivity contribution in [3.63, 3.8) is 0 Å². The molecule has 426 valence electrons. The molecule has 0 spiro atoms. The lowest BCUT2D eigenvalue weighted by molar-refractivity contribution is 0.00578. The van der Waals surface area contributed by atoms with Crippen molar-refractivity contribution in [2.24, 2.45) is 0 Å². The summed E-state index contributed by atoms with van der Waals surface area (Å²) in [5.74, 6) is 0. The van der Waals surface area contributed by atoms with Gasteiger partial charge in [0, 0.05) is 466 Å². The van der Waals surface area contributed by atoms with Crippen molar-refractivity contribution < 1.29 is 9.31 Å². The predicted octanol–water partition coefficient (Wildman–Crippen LogP) is 4.08. The molecule has 75 heavy (non-hydrogen) atoms. The fourth-order valence-corrected chi connectivity index (χ4v) is 130. The van der Waals surface area contributed by atoms with Crippen molar-refractivity contribution in [3.05, 3.63) is 60.8 Å². The molecule has 1 aliphatic rings. The highest BCUT2D eigenvalue weighted by Crippen LogP contribution is 2.36. The SMILES string of the molecule is CC1(C)OB(c2ccc(-c3nccc4ccccc34)cc2)OC1(C)C.S=S=S=S=S=S=S=S=S=S=S=S=S=S=S=S=S=S=S=S=S=S=S=S=S=S=S=S=S=S=S=S=S=S=S=S=S=S=S=S=S=S=S=S=S=S=S=S=S=S. The number of hydrogen-bond donors (Lipinski definition) is 0. The molecule has 0 saturated carbocycles. The Morgan fingerprint density at radius 3 is 0.853 bits per heavy atom. The van der Waals surface area contributed by atoms with Crippen LogP contribution in [-0.4, -0.2) is 23.3 Å². The standard InChI is InChI=1S/C21H22BNO2.S50/c1-20(2)21(3,4)25-22(24-20)17-11-9-16(10-12-17)19-18-8-6-5-7-15(18)13-14-23-19;1-3-5-7-9-11-13-15-17-19-21-23-25-27-29-31-33-35-37-39-41-43-45-47-49-50-48-46-44-42-40-38-36-34-32-30-28-26-24-22-20-18-16-14-12-10-8-6-4-2/h5-14H,1-4H3;. The van der Waals surface area contributed by atoms with Crippen LogP contribution in [0, 0.1) is 0 Å². The Labute approximate surface area is 582 Å². The van der Waals surface area contributed by atoms with Gasteiger partial charge in [-0.15, -0.1) is 0 Å². The van der Waals surface area contributed by atoms with Crippen molar-refractivity contribution in [1.29, 1.82) is 0 Å². The van der Waals surface area contributed by atoms with E-state index in [0.29, 0.717) is 0 Å². The van der Waals surface area contributed by atoms with E-state index in [4.69, 9.17) is 31.7 Å². The zero-order valence-corrected chi connectivity index (χ0v) is 76.4. The Morgan fingerprint density at radius 1 is 0.333 bits per heavy atom. The second-order valence-electron chi connectivity index (χ2n) is 10.9. The van der Waals surface area contributed by atoms with E-state index in [0.717, 1.165) is 22.1 Å². The maximum atomic E-state index is 6.13. The third-order valence-corrected chi connectivity index (χ3v) is 111. The highest BCUT2D eigenvalue weighted by molar-refractivity contribution is 8.82. The van der Waals surface area contributed by atoms with Crippen LogP contribution in [0.15, 0.2) is 60.8 Å². The van der Waals surface area contributed by atoms with Crippen molar-refractivity contribution in [2.75, 3.05) is 0 Å². The van der Waals surface area contributed by atoms with E-state index in [1.807, 2.05) is 326 Å². The first-order valence-electron chi connectivity index (χ1n) is 16.8. The van der Waals surface area contributed by atoms with Crippen molar-refractivity contribution in [3.8, 4) is 11.3 Å². The third kappa shape index (κ3) is 41.8. The van der Waals surface area contributed by atoms with E-state index in [2.05, 4.69) is 69.1 Å². The van der Waals surface area contributed by atoms with Gasteiger partial charge in [-0.3, -0.25) is 4.98 Å². The molecule has 0 unspecified atom stereocenters. The zero-order valence-electron chi connectivity index (χ0n) is 35.5. The average Bonchev–Trinajstić information content (AvgIpc) is 3.64. The summed E-state index contributed by atoms with van der Waals surface area (Å²) >= 11 is 9.62. The zero-order chi connectivity index (χ0) is 53.6. The summed E-state index contributed by atoms with van der Waals surface area (Å²) < 4.78 is 12.3. The molecule has 4 rings (SSSR count). The monoisotopic (exact) mass is 1930 g/mol. The van der Waals surface area contributed by atoms with E-state index >= 15 is 0 Å². The number of pyridine rings is 1. The van der Waals surface area contributed by atoms with Crippen LogP contribution < -0.4 is 5.46 Å². The molecule has 0 N–H and O–H groups in total. The van der Waals surface area contributed by atoms with Gasteiger partial charge >= 0.3 is 7.12 Å². The first kappa shape index (κ1) is 78.1. The minimum atomic E-state index is -0.334. The van der Waals surface area contributed by atoms with Gasteiger partial charge in [0.15, 0.2) is 0 Å². The summed E-state index contributed by atoms with van der Waals surface area (Å²) in [5, 5.41) is 2.36. The quantitative estimate of drug-likeness (QED) is 0.362. The molecule has 1 aromatic heterocycles. The Bertz CT molecular complexity index is 4670. The van der Waals surface area contributed by atoms with Gasteiger partial charge in [0.25, 0.3) is 0 Å². The second kappa shape index (κ2) is 55.7. The van der Waals surface area contributed by atoms with E-state index in [9.17, 15) is 0 Å². The van der Waals surface area contributed by atoms with E-state index < -0.39 is 0 Å². The van der Waals surface area contributed by atoms with Gasteiger partial charge in [0.1, 0.15) is 0 Å². The lowest BCUT2D eigenvalue weighted by atomic mass is 9.78. The number of nitrogens with zero attached hydrogens (tertiary/aromatic N) is 1. The molecule has 0 aliphatic carbocycles. The van der Waals surface area contributed by atoms with Crippen LogP contribution in [0.3, 0.4) is 0 Å². The van der Waals surface area contributed by atoms with Crippen LogP contribution in [0.5, 0.6) is 0 Å².